The van der Waals surface area contributed by atoms with E-state index in [1.54, 1.807) is 20.8 Å². The zero-order valence-electron chi connectivity index (χ0n) is 75.0. The van der Waals surface area contributed by atoms with E-state index in [9.17, 15) is 108 Å². The summed E-state index contributed by atoms with van der Waals surface area (Å²) >= 11 is 0. The van der Waals surface area contributed by atoms with E-state index >= 15 is 0 Å². The third-order valence-electron chi connectivity index (χ3n) is 24.0. The number of nitrogens with zero attached hydrogens (tertiary/aromatic N) is 5. The molecule has 22 atom stereocenters. The van der Waals surface area contributed by atoms with Crippen LogP contribution in [0, 0.1) is 17.8 Å². The van der Waals surface area contributed by atoms with Crippen LogP contribution in [0.15, 0.2) is 12.7 Å². The molecule has 44 heteroatoms. The van der Waals surface area contributed by atoms with Gasteiger partial charge in [0, 0.05) is 133 Å². The average Bonchev–Trinajstić information content (AvgIpc) is 1.63. The molecule has 13 N–H and O–H groups in total. The molecule has 0 saturated carbocycles. The lowest BCUT2D eigenvalue weighted by atomic mass is 9.92. The van der Waals surface area contributed by atoms with Gasteiger partial charge >= 0.3 is 0 Å². The number of hydrogen-bond donors (Lipinski definition) is 12. The first-order valence-corrected chi connectivity index (χ1v) is 48.6. The van der Waals surface area contributed by atoms with Crippen LogP contribution in [0.25, 0.3) is 11.2 Å². The third-order valence-corrected chi connectivity index (χ3v) is 26.7. The number of likely N-dealkylation sites (tertiary alicyclic amines) is 1. The van der Waals surface area contributed by atoms with E-state index in [0.29, 0.717) is 116 Å². The Morgan fingerprint density at radius 2 is 0.891 bits per heavy atom. The van der Waals surface area contributed by atoms with Crippen LogP contribution < -0.4 is 20.8 Å². The minimum atomic E-state index is -5.44. The second-order valence-corrected chi connectivity index (χ2v) is 38.6. The number of phosphoric acid groups is 1. The number of rotatable bonds is 67. The number of imidazole rings is 1. The Balaban J connectivity index is 0.953. The average molecular weight is 1880 g/mol. The van der Waals surface area contributed by atoms with Crippen LogP contribution in [0.5, 0.6) is 0 Å². The van der Waals surface area contributed by atoms with E-state index in [2.05, 4.69) is 20.3 Å². The lowest BCUT2D eigenvalue weighted by molar-refractivity contribution is -0.282. The van der Waals surface area contributed by atoms with Gasteiger partial charge < -0.3 is 142 Å². The van der Waals surface area contributed by atoms with E-state index in [0.717, 1.165) is 4.90 Å². The Bertz CT molecular complexity index is 3620. The number of fused-ring (bicyclic) bond motifs is 1. The quantitative estimate of drug-likeness (QED) is 0.0256. The van der Waals surface area contributed by atoms with Crippen molar-refractivity contribution in [3.63, 3.8) is 0 Å². The maximum absolute atomic E-state index is 14.6. The van der Waals surface area contributed by atoms with Crippen molar-refractivity contribution in [1.82, 2.24) is 29.7 Å². The van der Waals surface area contributed by atoms with E-state index < -0.39 is 220 Å². The summed E-state index contributed by atoms with van der Waals surface area (Å²) in [6.45, 7) is 3.25. The number of Topliss-reactive ketones (excluding diaryl/α,β-unsaturated/α-hetero) is 6. The Labute approximate surface area is 752 Å². The Kier molecular flexibility index (Phi) is 48.9. The van der Waals surface area contributed by atoms with E-state index in [1.807, 2.05) is 0 Å². The molecule has 5 fully saturated rings. The number of anilines is 1. The number of ketones is 6. The van der Waals surface area contributed by atoms with Crippen molar-refractivity contribution in [2.75, 3.05) is 105 Å². The van der Waals surface area contributed by atoms with Crippen LogP contribution in [0.3, 0.4) is 0 Å². The van der Waals surface area contributed by atoms with Gasteiger partial charge in [-0.2, -0.15) is 0 Å². The van der Waals surface area contributed by atoms with Crippen LogP contribution in [0.4, 0.5) is 5.82 Å². The fraction of sp³-hybridized carbons (Fsp3) is 0.847. The van der Waals surface area contributed by atoms with E-state index in [4.69, 9.17) is 66.7 Å². The molecule has 738 valence electrons. The molecule has 7 rings (SSSR count). The van der Waals surface area contributed by atoms with Gasteiger partial charge in [0.1, 0.15) is 115 Å². The van der Waals surface area contributed by atoms with Crippen LogP contribution >= 0.6 is 15.4 Å². The summed E-state index contributed by atoms with van der Waals surface area (Å²) in [7, 11) is -9.93. The Morgan fingerprint density at radius 3 is 1.28 bits per heavy atom. The summed E-state index contributed by atoms with van der Waals surface area (Å²) in [4.78, 5) is 148. The van der Waals surface area contributed by atoms with Gasteiger partial charge in [-0.15, -0.1) is 0 Å². The Hall–Kier alpha value is -5.23. The number of aliphatic hydroxyl groups excluding tert-OH is 10. The molecule has 8 unspecified atom stereocenters. The number of ether oxygens (including phenoxy) is 10. The summed E-state index contributed by atoms with van der Waals surface area (Å²) in [5.74, 6) is -3.92. The highest BCUT2D eigenvalue weighted by atomic mass is 31.2. The zero-order valence-corrected chi connectivity index (χ0v) is 76.8. The standard InChI is InChI=1S/C85H143N7O35P2/c1-53(2)128(111,112)121-47-69-65(40-72(123-69)92-52-89-73-80(86)87-51-88-81(73)92)127-129(113,114)122-46-57-39-64(102)42-91(57)71(104)41-70(103)90-85(48-115-36-30-61(99)24-12-6-9-21-58(96)27-15-18-33-118-82-54(3)74(105)77(108)66(43-93)124-82,49-116-37-31-62(100)25-13-7-10-22-59(97)28-16-19-34-119-83-55(4)75(106)78(109)67(44-94)125-83)50-117-38-32-63(101)26-14-8-11-23-60(98)29-17-20-35-120-84-56(5)76(107)79(110)68(45-95)126-84/h51-57,64-69,72,74-79,82-84,93-95,102,105-110H,6-50H2,1-5H3,(H,90,103)(H,111,112)(H,113,114)(H2,86,87,88)/p-2/t54?,55?,56?,57-,64+,65-,66?,67?,68?,69+,72+,74+,75+,76+,77-,78-,79-,82+,83+,84+,85?/m0/s1. The highest BCUT2D eigenvalue weighted by Gasteiger charge is 2.47. The predicted molar refractivity (Wildman–Crippen MR) is 453 cm³/mol. The molecule has 2 aromatic rings. The van der Waals surface area contributed by atoms with Crippen LogP contribution in [0.2, 0.25) is 0 Å². The molecule has 2 aromatic heterocycles. The summed E-state index contributed by atoms with van der Waals surface area (Å²) in [5.41, 5.74) is 3.74. The van der Waals surface area contributed by atoms with Crippen molar-refractivity contribution in [3.05, 3.63) is 12.7 Å². The summed E-state index contributed by atoms with van der Waals surface area (Å²) in [5, 5.41) is 104. The monoisotopic (exact) mass is 1880 g/mol. The molecule has 0 aliphatic carbocycles. The van der Waals surface area contributed by atoms with Gasteiger partial charge in [0.2, 0.25) is 11.8 Å². The van der Waals surface area contributed by atoms with Crippen molar-refractivity contribution >= 4 is 78.9 Å². The number of aromatic nitrogens is 4. The summed E-state index contributed by atoms with van der Waals surface area (Å²) in [6.07, 6.45) is -6.99. The fourth-order valence-corrected chi connectivity index (χ4v) is 17.4. The molecule has 0 radical (unpaired) electrons. The molecule has 0 bridgehead atoms. The third kappa shape index (κ3) is 37.1. The molecule has 5 aliphatic rings. The number of amides is 2. The van der Waals surface area contributed by atoms with Gasteiger partial charge in [-0.1, -0.05) is 53.9 Å². The smallest absolute Gasteiger partial charge is 0.268 e. The van der Waals surface area contributed by atoms with E-state index in [1.165, 1.54) is 31.1 Å². The lowest BCUT2D eigenvalue weighted by Crippen LogP contribution is -2.59. The maximum Gasteiger partial charge on any atom is 0.268 e. The fourth-order valence-electron chi connectivity index (χ4n) is 15.8. The topological polar surface area (TPSA) is 624 Å². The first-order valence-electron chi connectivity index (χ1n) is 45.5. The molecule has 129 heavy (non-hydrogen) atoms. The summed E-state index contributed by atoms with van der Waals surface area (Å²) < 4.78 is 103. The Morgan fingerprint density at radius 1 is 0.504 bits per heavy atom. The molecule has 2 amide bonds. The first kappa shape index (κ1) is 111. The number of nitrogens with one attached hydrogen (secondary N) is 1. The molecule has 5 saturated heterocycles. The number of phosphoric ester groups is 1. The van der Waals surface area contributed by atoms with Gasteiger partial charge in [0.05, 0.1) is 116 Å². The predicted octanol–water partition coefficient (Wildman–Crippen LogP) is 2.02. The normalized spacial score (nSPS) is 28.1. The highest BCUT2D eigenvalue weighted by molar-refractivity contribution is 7.52. The van der Waals surface area contributed by atoms with Crippen LogP contribution in [-0.2, 0) is 108 Å². The number of unbranched alkanes of at least 4 members (excludes halogenated alkanes) is 9. The number of β-amino-alcohol motifs (C(OH)–C–C–N with tert-alkyl or cyclic N) is 1. The first-order chi connectivity index (χ1) is 61.5. The summed E-state index contributed by atoms with van der Waals surface area (Å²) in [6, 6.07) is -1.18. The lowest BCUT2D eigenvalue weighted by Gasteiger charge is -2.40. The number of nitrogen functional groups attached to an aromatic ring is 1. The van der Waals surface area contributed by atoms with Gasteiger partial charge in [0.15, 0.2) is 30.3 Å². The van der Waals surface area contributed by atoms with Gasteiger partial charge in [0.25, 0.3) is 7.82 Å². The molecule has 5 aliphatic heterocycles. The molecule has 7 heterocycles. The number of nitrogens with two attached hydrogens (primary N) is 1. The minimum Gasteiger partial charge on any atom is -0.778 e. The van der Waals surface area contributed by atoms with Crippen molar-refractivity contribution < 1.29 is 169 Å². The van der Waals surface area contributed by atoms with Gasteiger partial charge in [-0.05, 0) is 83.5 Å². The zero-order chi connectivity index (χ0) is 94.4. The molecular formula is C85H141N7O35P2-2. The van der Waals surface area contributed by atoms with Gasteiger partial charge in [-0.25, -0.2) is 15.0 Å². The molecule has 0 aromatic carbocycles. The largest absolute Gasteiger partial charge is 0.778 e. The van der Waals surface area contributed by atoms with Crippen molar-refractivity contribution in [3.8, 4) is 0 Å². The molecule has 42 nitrogen and oxygen atoms in total. The second-order valence-electron chi connectivity index (χ2n) is 34.9. The van der Waals surface area contributed by atoms with Gasteiger partial charge in [-0.3, -0.25) is 47.5 Å². The maximum atomic E-state index is 14.6. The van der Waals surface area contributed by atoms with Crippen molar-refractivity contribution in [2.24, 2.45) is 17.8 Å². The van der Waals surface area contributed by atoms with Crippen LogP contribution in [0.1, 0.15) is 233 Å². The number of hydrogen-bond acceptors (Lipinski definition) is 39. The SMILES string of the molecule is CC1[C@H](OCCCCC(=O)CCCCCC(=O)CCOCC(COCCC(=O)CCCCCC(=O)CCCCO[C@@H]2OC(CO)[C@H](O)[C@H](O)C2C)(COCCC(=O)CCCCCC(=O)CCCCO[C@@H]2OC(CO)[C@H](O)[C@H](O)C2C)NC(=O)CC(=O)N2C[C@H](O)C[C@H]2COP(=O)([O-])O[C@H]2C[C@H](n3cnc4c(N)ncnc43)O[C@@H]2COP(=O)([O-])C(C)C)OC(CO)[C@H](O)[C@@H]1O. The molecule has 0 spiro atoms. The van der Waals surface area contributed by atoms with Crippen LogP contribution in [-0.4, -0.2) is 330 Å². The van der Waals surface area contributed by atoms with Crippen molar-refractivity contribution in [1.29, 1.82) is 0 Å². The molecular weight excluding hydrogens is 1740 g/mol. The van der Waals surface area contributed by atoms with Crippen molar-refractivity contribution in [2.45, 2.75) is 343 Å². The number of carbonyl (C=O) groups excluding carboxylic acids is 8. The second kappa shape index (κ2) is 57.0. The van der Waals surface area contributed by atoms with E-state index in [-0.39, 0.29) is 168 Å². The minimum absolute atomic E-state index is 0.0290. The highest BCUT2D eigenvalue weighted by Crippen LogP contribution is 2.49. The number of carbonyl (C=O) groups is 8. The number of aliphatic hydroxyl groups is 10.